The molecule has 4 aliphatic carbocycles. The Labute approximate surface area is 163 Å². The van der Waals surface area contributed by atoms with E-state index in [2.05, 4.69) is 38.8 Å². The fraction of sp³-hybridized carbons (Fsp3) is 0.650. The molecule has 0 saturated heterocycles. The second kappa shape index (κ2) is 5.59. The molecule has 2 atom stereocenters. The molecular weight excluding hydrogens is 352 g/mol. The van der Waals surface area contributed by atoms with E-state index in [-0.39, 0.29) is 11.1 Å². The van der Waals surface area contributed by atoms with Gasteiger partial charge in [0, 0.05) is 29.0 Å². The molecule has 3 aromatic heterocycles. The van der Waals surface area contributed by atoms with Gasteiger partial charge in [0.05, 0.1) is 11.7 Å². The van der Waals surface area contributed by atoms with Crippen LogP contribution < -0.4 is 5.32 Å². The van der Waals surface area contributed by atoms with Gasteiger partial charge in [-0.15, -0.1) is 10.2 Å². The Morgan fingerprint density at radius 3 is 2.71 bits per heavy atom. The number of nitrogens with one attached hydrogen (secondary N) is 1. The first-order valence-electron chi connectivity index (χ1n) is 10.3. The first-order valence-corrected chi connectivity index (χ1v) is 10.3. The minimum absolute atomic E-state index is 0.0418. The lowest BCUT2D eigenvalue weighted by atomic mass is 9.50. The molecule has 0 aliphatic heterocycles. The summed E-state index contributed by atoms with van der Waals surface area (Å²) in [7, 11) is 0. The van der Waals surface area contributed by atoms with Crippen molar-refractivity contribution in [3.63, 3.8) is 0 Å². The SMILES string of the molecule is Cc1cc(C)n2ncc(CNC34CC5CC(C3)CC(n3ncnn3)(C5)C4)c2n1. The summed E-state index contributed by atoms with van der Waals surface area (Å²) in [5.74, 6) is 1.51. The fourth-order valence-corrected chi connectivity index (χ4v) is 6.76. The van der Waals surface area contributed by atoms with Crippen molar-refractivity contribution >= 4 is 5.65 Å². The molecule has 2 unspecified atom stereocenters. The van der Waals surface area contributed by atoms with Crippen molar-refractivity contribution in [1.82, 2.24) is 40.1 Å². The van der Waals surface area contributed by atoms with Gasteiger partial charge in [0.2, 0.25) is 0 Å². The number of hydrogen-bond donors (Lipinski definition) is 1. The third-order valence-electron chi connectivity index (χ3n) is 7.31. The quantitative estimate of drug-likeness (QED) is 0.749. The third-order valence-corrected chi connectivity index (χ3v) is 7.31. The second-order valence-electron chi connectivity index (χ2n) is 9.49. The van der Waals surface area contributed by atoms with Gasteiger partial charge < -0.3 is 5.32 Å². The van der Waals surface area contributed by atoms with Crippen LogP contribution in [0.25, 0.3) is 5.65 Å². The Kier molecular flexibility index (Phi) is 3.31. The van der Waals surface area contributed by atoms with Crippen molar-refractivity contribution in [3.05, 3.63) is 35.5 Å². The van der Waals surface area contributed by atoms with E-state index in [1.54, 1.807) is 6.33 Å². The van der Waals surface area contributed by atoms with Crippen LogP contribution in [-0.2, 0) is 12.1 Å². The Hall–Kier alpha value is -2.35. The Bertz CT molecular complexity index is 1020. The lowest BCUT2D eigenvalue weighted by Gasteiger charge is -2.61. The zero-order valence-electron chi connectivity index (χ0n) is 16.5. The summed E-state index contributed by atoms with van der Waals surface area (Å²) in [6, 6.07) is 2.07. The summed E-state index contributed by atoms with van der Waals surface area (Å²) in [4.78, 5) is 6.66. The highest BCUT2D eigenvalue weighted by atomic mass is 15.6. The van der Waals surface area contributed by atoms with Crippen molar-refractivity contribution in [1.29, 1.82) is 0 Å². The Morgan fingerprint density at radius 2 is 1.96 bits per heavy atom. The maximum absolute atomic E-state index is 4.74. The maximum atomic E-state index is 4.74. The van der Waals surface area contributed by atoms with Gasteiger partial charge in [-0.3, -0.25) is 0 Å². The van der Waals surface area contributed by atoms with Crippen LogP contribution >= 0.6 is 0 Å². The molecule has 28 heavy (non-hydrogen) atoms. The van der Waals surface area contributed by atoms with Gasteiger partial charge in [-0.25, -0.2) is 9.50 Å². The van der Waals surface area contributed by atoms with Crippen molar-refractivity contribution in [2.45, 2.75) is 70.0 Å². The normalized spacial score (nSPS) is 33.8. The maximum Gasteiger partial charge on any atom is 0.162 e. The molecule has 4 aliphatic rings. The molecule has 0 amide bonds. The van der Waals surface area contributed by atoms with Crippen LogP contribution in [0.1, 0.15) is 55.5 Å². The standard InChI is InChI=1S/C20H26N8/c1-13-3-14(2)27-18(25-13)17(10-23-27)9-21-19-5-15-4-16(6-19)8-20(7-15,11-19)28-24-12-22-26-28/h3,10,12,15-16,21H,4-9,11H2,1-2H3. The molecule has 0 radical (unpaired) electrons. The van der Waals surface area contributed by atoms with Gasteiger partial charge in [0.1, 0.15) is 0 Å². The van der Waals surface area contributed by atoms with Gasteiger partial charge in [-0.1, -0.05) is 0 Å². The molecule has 4 fully saturated rings. The van der Waals surface area contributed by atoms with Crippen molar-refractivity contribution in [2.24, 2.45) is 11.8 Å². The largest absolute Gasteiger partial charge is 0.307 e. The van der Waals surface area contributed by atoms with Crippen molar-refractivity contribution in [2.75, 3.05) is 0 Å². The van der Waals surface area contributed by atoms with E-state index in [1.807, 2.05) is 22.4 Å². The zero-order valence-corrected chi connectivity index (χ0v) is 16.5. The van der Waals surface area contributed by atoms with E-state index in [0.717, 1.165) is 41.8 Å². The van der Waals surface area contributed by atoms with Gasteiger partial charge in [0.25, 0.3) is 0 Å². The molecule has 4 saturated carbocycles. The molecular formula is C20H26N8. The third kappa shape index (κ3) is 2.36. The summed E-state index contributed by atoms with van der Waals surface area (Å²) in [5, 5.41) is 21.3. The summed E-state index contributed by atoms with van der Waals surface area (Å²) in [6.07, 6.45) is 10.9. The highest BCUT2D eigenvalue weighted by Gasteiger charge is 2.59. The predicted octanol–water partition coefficient (Wildman–Crippen LogP) is 2.17. The van der Waals surface area contributed by atoms with Crippen LogP contribution in [-0.4, -0.2) is 40.3 Å². The number of nitrogens with zero attached hydrogens (tertiary/aromatic N) is 7. The van der Waals surface area contributed by atoms with Crippen LogP contribution in [0, 0.1) is 25.7 Å². The Morgan fingerprint density at radius 1 is 1.14 bits per heavy atom. The van der Waals surface area contributed by atoms with Gasteiger partial charge in [-0.05, 0) is 75.5 Å². The van der Waals surface area contributed by atoms with E-state index in [0.29, 0.717) is 0 Å². The van der Waals surface area contributed by atoms with E-state index in [1.165, 1.54) is 37.7 Å². The molecule has 1 N–H and O–H groups in total. The van der Waals surface area contributed by atoms with Crippen LogP contribution in [0.15, 0.2) is 18.6 Å². The summed E-state index contributed by atoms with van der Waals surface area (Å²) >= 11 is 0. The second-order valence-corrected chi connectivity index (χ2v) is 9.49. The number of aryl methyl sites for hydroxylation is 2. The number of fused-ring (bicyclic) bond motifs is 1. The molecule has 0 spiro atoms. The smallest absolute Gasteiger partial charge is 0.162 e. The molecule has 3 heterocycles. The van der Waals surface area contributed by atoms with E-state index in [4.69, 9.17) is 4.98 Å². The van der Waals surface area contributed by atoms with E-state index in [9.17, 15) is 0 Å². The van der Waals surface area contributed by atoms with Crippen LogP contribution in [0.3, 0.4) is 0 Å². The van der Waals surface area contributed by atoms with Crippen LogP contribution in [0.2, 0.25) is 0 Å². The van der Waals surface area contributed by atoms with Crippen molar-refractivity contribution in [3.8, 4) is 0 Å². The molecule has 7 rings (SSSR count). The monoisotopic (exact) mass is 378 g/mol. The van der Waals surface area contributed by atoms with Gasteiger partial charge >= 0.3 is 0 Å². The van der Waals surface area contributed by atoms with Crippen LogP contribution in [0.5, 0.6) is 0 Å². The molecule has 3 aromatic rings. The lowest BCUT2D eigenvalue weighted by molar-refractivity contribution is -0.0853. The molecule has 4 bridgehead atoms. The Balaban J connectivity index is 1.31. The highest BCUT2D eigenvalue weighted by Crippen LogP contribution is 2.60. The molecule has 0 aromatic carbocycles. The van der Waals surface area contributed by atoms with E-state index < -0.39 is 0 Å². The fourth-order valence-electron chi connectivity index (χ4n) is 6.76. The van der Waals surface area contributed by atoms with E-state index >= 15 is 0 Å². The van der Waals surface area contributed by atoms with Gasteiger partial charge in [0.15, 0.2) is 12.0 Å². The van der Waals surface area contributed by atoms with Gasteiger partial charge in [-0.2, -0.15) is 9.90 Å². The van der Waals surface area contributed by atoms with Crippen molar-refractivity contribution < 1.29 is 0 Å². The first-order chi connectivity index (χ1) is 13.5. The summed E-state index contributed by atoms with van der Waals surface area (Å²) in [6.45, 7) is 4.94. The van der Waals surface area contributed by atoms with Crippen LogP contribution in [0.4, 0.5) is 0 Å². The lowest BCUT2D eigenvalue weighted by Crippen LogP contribution is -2.65. The summed E-state index contributed by atoms with van der Waals surface area (Å²) in [5.41, 5.74) is 4.51. The molecule has 8 heteroatoms. The first kappa shape index (κ1) is 16.6. The number of rotatable bonds is 4. The number of tetrazole rings is 1. The number of aromatic nitrogens is 7. The average Bonchev–Trinajstić information content (AvgIpc) is 3.29. The minimum atomic E-state index is 0.0418. The predicted molar refractivity (Wildman–Crippen MR) is 103 cm³/mol. The average molecular weight is 378 g/mol. The molecule has 146 valence electrons. The number of hydrogen-bond acceptors (Lipinski definition) is 6. The topological polar surface area (TPSA) is 85.8 Å². The zero-order chi connectivity index (χ0) is 18.9. The highest BCUT2D eigenvalue weighted by molar-refractivity contribution is 5.48. The molecule has 8 nitrogen and oxygen atoms in total. The minimum Gasteiger partial charge on any atom is -0.307 e. The summed E-state index contributed by atoms with van der Waals surface area (Å²) < 4.78 is 1.95.